The number of carbonyl (C=O) groups is 2. The average molecular weight is 390 g/mol. The summed E-state index contributed by atoms with van der Waals surface area (Å²) in [7, 11) is 1.63. The van der Waals surface area contributed by atoms with Crippen molar-refractivity contribution in [3.05, 3.63) is 58.6 Å². The molecule has 0 radical (unpaired) electrons. The number of aryl methyl sites for hydroxylation is 1. The van der Waals surface area contributed by atoms with E-state index in [-0.39, 0.29) is 18.4 Å². The fraction of sp³-hybridized carbons (Fsp3) is 0.300. The average Bonchev–Trinajstić information content (AvgIpc) is 2.67. The molecule has 6 nitrogen and oxygen atoms in total. The van der Waals surface area contributed by atoms with Crippen LogP contribution in [0.1, 0.15) is 22.3 Å². The number of halogens is 1. The molecule has 0 bridgehead atoms. The first-order valence-corrected chi connectivity index (χ1v) is 9.04. The van der Waals surface area contributed by atoms with Gasteiger partial charge in [-0.2, -0.15) is 0 Å². The molecule has 3 N–H and O–H groups in total. The van der Waals surface area contributed by atoms with Gasteiger partial charge in [-0.25, -0.2) is 0 Å². The lowest BCUT2D eigenvalue weighted by molar-refractivity contribution is -0.114. The van der Waals surface area contributed by atoms with Crippen molar-refractivity contribution in [1.29, 1.82) is 0 Å². The number of benzene rings is 2. The van der Waals surface area contributed by atoms with Gasteiger partial charge in [0.25, 0.3) is 5.91 Å². The molecule has 0 aliphatic rings. The first-order valence-electron chi connectivity index (χ1n) is 8.66. The molecule has 0 saturated carbocycles. The molecule has 0 aliphatic carbocycles. The van der Waals surface area contributed by atoms with Crippen molar-refractivity contribution in [3.63, 3.8) is 0 Å². The molecule has 2 rings (SSSR count). The number of anilines is 2. The quantitative estimate of drug-likeness (QED) is 0.574. The Labute approximate surface area is 164 Å². The Morgan fingerprint density at radius 1 is 1.07 bits per heavy atom. The monoisotopic (exact) mass is 389 g/mol. The van der Waals surface area contributed by atoms with Crippen LogP contribution in [0.4, 0.5) is 11.4 Å². The second-order valence-electron chi connectivity index (χ2n) is 6.05. The van der Waals surface area contributed by atoms with Gasteiger partial charge in [-0.05, 0) is 55.3 Å². The highest BCUT2D eigenvalue weighted by Crippen LogP contribution is 2.19. The van der Waals surface area contributed by atoms with Gasteiger partial charge in [-0.15, -0.1) is 0 Å². The zero-order valence-electron chi connectivity index (χ0n) is 15.5. The second kappa shape index (κ2) is 10.5. The number of ether oxygens (including phenoxy) is 1. The van der Waals surface area contributed by atoms with E-state index in [9.17, 15) is 9.59 Å². The molecule has 2 aromatic rings. The summed E-state index contributed by atoms with van der Waals surface area (Å²) in [6, 6.07) is 12.3. The summed E-state index contributed by atoms with van der Waals surface area (Å²) in [5.41, 5.74) is 2.92. The van der Waals surface area contributed by atoms with Crippen LogP contribution >= 0.6 is 11.6 Å². The predicted octanol–water partition coefficient (Wildman–Crippen LogP) is 3.47. The summed E-state index contributed by atoms with van der Waals surface area (Å²) in [5.74, 6) is -0.318. The van der Waals surface area contributed by atoms with Crippen LogP contribution in [0.5, 0.6) is 0 Å². The van der Waals surface area contributed by atoms with Crippen LogP contribution in [-0.4, -0.2) is 38.6 Å². The van der Waals surface area contributed by atoms with Gasteiger partial charge in [-0.3, -0.25) is 9.59 Å². The lowest BCUT2D eigenvalue weighted by Gasteiger charge is -2.10. The smallest absolute Gasteiger partial charge is 0.251 e. The summed E-state index contributed by atoms with van der Waals surface area (Å²) < 4.78 is 4.94. The second-order valence-corrected chi connectivity index (χ2v) is 6.45. The third-order valence-corrected chi connectivity index (χ3v) is 4.27. The number of nitrogens with one attached hydrogen (secondary N) is 3. The standard InChI is InChI=1S/C20H24ClN3O3/c1-14-4-7-17(12-18(14)21)24-19(25)13-23-16-8-5-15(6-9-16)20(26)22-10-3-11-27-2/h4-9,12,23H,3,10-11,13H2,1-2H3,(H,22,26)(H,24,25). The van der Waals surface area contributed by atoms with Crippen molar-refractivity contribution in [2.24, 2.45) is 0 Å². The van der Waals surface area contributed by atoms with E-state index in [1.807, 2.05) is 13.0 Å². The fourth-order valence-corrected chi connectivity index (χ4v) is 2.50. The molecule has 144 valence electrons. The van der Waals surface area contributed by atoms with Crippen LogP contribution in [0, 0.1) is 6.92 Å². The van der Waals surface area contributed by atoms with Gasteiger partial charge < -0.3 is 20.7 Å². The maximum absolute atomic E-state index is 12.0. The van der Waals surface area contributed by atoms with Crippen molar-refractivity contribution in [2.45, 2.75) is 13.3 Å². The molecule has 27 heavy (non-hydrogen) atoms. The molecule has 0 fully saturated rings. The van der Waals surface area contributed by atoms with Gasteiger partial charge in [0.15, 0.2) is 0 Å². The van der Waals surface area contributed by atoms with Crippen molar-refractivity contribution < 1.29 is 14.3 Å². The molecule has 0 saturated heterocycles. The number of rotatable bonds is 9. The predicted molar refractivity (Wildman–Crippen MR) is 109 cm³/mol. The minimum Gasteiger partial charge on any atom is -0.385 e. The lowest BCUT2D eigenvalue weighted by Crippen LogP contribution is -2.25. The molecule has 0 unspecified atom stereocenters. The Morgan fingerprint density at radius 2 is 1.78 bits per heavy atom. The van der Waals surface area contributed by atoms with Crippen molar-refractivity contribution >= 4 is 34.8 Å². The summed E-state index contributed by atoms with van der Waals surface area (Å²) >= 11 is 6.05. The molecular weight excluding hydrogens is 366 g/mol. The van der Waals surface area contributed by atoms with E-state index in [4.69, 9.17) is 16.3 Å². The van der Waals surface area contributed by atoms with Crippen LogP contribution in [-0.2, 0) is 9.53 Å². The molecule has 0 aliphatic heterocycles. The zero-order valence-corrected chi connectivity index (χ0v) is 16.2. The molecule has 0 atom stereocenters. The van der Waals surface area contributed by atoms with E-state index in [0.29, 0.717) is 29.4 Å². The van der Waals surface area contributed by atoms with Crippen LogP contribution in [0.3, 0.4) is 0 Å². The van der Waals surface area contributed by atoms with Crippen molar-refractivity contribution in [3.8, 4) is 0 Å². The normalized spacial score (nSPS) is 10.3. The van der Waals surface area contributed by atoms with Crippen LogP contribution in [0.25, 0.3) is 0 Å². The van der Waals surface area contributed by atoms with Crippen LogP contribution < -0.4 is 16.0 Å². The minimum absolute atomic E-state index is 0.105. The Morgan fingerprint density at radius 3 is 2.44 bits per heavy atom. The number of carbonyl (C=O) groups excluding carboxylic acids is 2. The summed E-state index contributed by atoms with van der Waals surface area (Å²) in [6.45, 7) is 3.18. The summed E-state index contributed by atoms with van der Waals surface area (Å²) in [6.07, 6.45) is 0.767. The van der Waals surface area contributed by atoms with Gasteiger partial charge in [0.2, 0.25) is 5.91 Å². The van der Waals surface area contributed by atoms with E-state index in [0.717, 1.165) is 17.7 Å². The SMILES string of the molecule is COCCCNC(=O)c1ccc(NCC(=O)Nc2ccc(C)c(Cl)c2)cc1. The van der Waals surface area contributed by atoms with Crippen LogP contribution in [0.15, 0.2) is 42.5 Å². The fourth-order valence-electron chi connectivity index (χ4n) is 2.32. The first-order chi connectivity index (χ1) is 13.0. The number of methoxy groups -OCH3 is 1. The van der Waals surface area contributed by atoms with Crippen LogP contribution in [0.2, 0.25) is 5.02 Å². The van der Waals surface area contributed by atoms with Crippen molar-refractivity contribution in [1.82, 2.24) is 5.32 Å². The maximum Gasteiger partial charge on any atom is 0.251 e. The Hall–Kier alpha value is -2.57. The van der Waals surface area contributed by atoms with E-state index in [1.165, 1.54) is 0 Å². The van der Waals surface area contributed by atoms with Gasteiger partial charge in [0.1, 0.15) is 0 Å². The molecule has 7 heteroatoms. The molecule has 0 aromatic heterocycles. The third-order valence-electron chi connectivity index (χ3n) is 3.87. The van der Waals surface area contributed by atoms with E-state index >= 15 is 0 Å². The summed E-state index contributed by atoms with van der Waals surface area (Å²) in [4.78, 5) is 24.0. The van der Waals surface area contributed by atoms with Gasteiger partial charge >= 0.3 is 0 Å². The van der Waals surface area contributed by atoms with E-state index in [2.05, 4.69) is 16.0 Å². The topological polar surface area (TPSA) is 79.5 Å². The highest BCUT2D eigenvalue weighted by molar-refractivity contribution is 6.31. The number of hydrogen-bond donors (Lipinski definition) is 3. The molecular formula is C20H24ClN3O3. The minimum atomic E-state index is -0.185. The molecule has 0 heterocycles. The summed E-state index contributed by atoms with van der Waals surface area (Å²) in [5, 5.41) is 9.24. The van der Waals surface area contributed by atoms with Gasteiger partial charge in [-0.1, -0.05) is 17.7 Å². The van der Waals surface area contributed by atoms with Gasteiger partial charge in [0, 0.05) is 42.2 Å². The Kier molecular flexibility index (Phi) is 8.10. The first kappa shape index (κ1) is 20.7. The highest BCUT2D eigenvalue weighted by atomic mass is 35.5. The zero-order chi connectivity index (χ0) is 19.6. The third kappa shape index (κ3) is 6.92. The number of amides is 2. The van der Waals surface area contributed by atoms with Crippen molar-refractivity contribution in [2.75, 3.05) is 37.4 Å². The molecule has 2 aromatic carbocycles. The largest absolute Gasteiger partial charge is 0.385 e. The highest BCUT2D eigenvalue weighted by Gasteiger charge is 2.06. The molecule has 0 spiro atoms. The Bertz CT molecular complexity index is 779. The lowest BCUT2D eigenvalue weighted by atomic mass is 10.2. The van der Waals surface area contributed by atoms with Gasteiger partial charge in [0.05, 0.1) is 6.54 Å². The maximum atomic E-state index is 12.0. The van der Waals surface area contributed by atoms with E-state index < -0.39 is 0 Å². The Balaban J connectivity index is 1.79. The van der Waals surface area contributed by atoms with E-state index in [1.54, 1.807) is 43.5 Å². The number of hydrogen-bond acceptors (Lipinski definition) is 4. The molecule has 2 amide bonds.